The van der Waals surface area contributed by atoms with E-state index < -0.39 is 0 Å². The first-order valence-corrected chi connectivity index (χ1v) is 11.7. The molecule has 2 heterocycles. The maximum absolute atomic E-state index is 5.59. The standard InChI is InChI=1S/C24H41N5O/c1-4-25-23(27-20-24(28(2)3)12-16-30-17-13-24)26-18-21-8-10-22(11-9-21)19-29-14-6-5-7-15-29/h8-11H,4-7,12-20H2,1-3H3,(H2,25,26,27). The molecule has 0 aliphatic carbocycles. The van der Waals surface area contributed by atoms with E-state index in [0.717, 1.165) is 51.6 Å². The molecule has 2 aliphatic heterocycles. The summed E-state index contributed by atoms with van der Waals surface area (Å²) < 4.78 is 5.59. The first kappa shape index (κ1) is 23.0. The highest BCUT2D eigenvalue weighted by Crippen LogP contribution is 2.25. The normalized spacial score (nSPS) is 20.3. The molecule has 168 valence electrons. The zero-order chi connectivity index (χ0) is 21.2. The summed E-state index contributed by atoms with van der Waals surface area (Å²) >= 11 is 0. The molecule has 0 amide bonds. The van der Waals surface area contributed by atoms with Crippen LogP contribution >= 0.6 is 0 Å². The predicted octanol–water partition coefficient (Wildman–Crippen LogP) is 2.84. The van der Waals surface area contributed by atoms with Crippen molar-refractivity contribution < 1.29 is 4.74 Å². The van der Waals surface area contributed by atoms with E-state index in [0.29, 0.717) is 6.54 Å². The van der Waals surface area contributed by atoms with Gasteiger partial charge < -0.3 is 20.3 Å². The predicted molar refractivity (Wildman–Crippen MR) is 125 cm³/mol. The van der Waals surface area contributed by atoms with Crippen LogP contribution in [0.5, 0.6) is 0 Å². The van der Waals surface area contributed by atoms with E-state index in [4.69, 9.17) is 9.73 Å². The van der Waals surface area contributed by atoms with Gasteiger partial charge in [0, 0.05) is 38.4 Å². The van der Waals surface area contributed by atoms with Crippen molar-refractivity contribution in [1.82, 2.24) is 20.4 Å². The third-order valence-electron chi connectivity index (χ3n) is 6.60. The molecule has 2 aliphatic rings. The van der Waals surface area contributed by atoms with Crippen molar-refractivity contribution in [3.8, 4) is 0 Å². The highest BCUT2D eigenvalue weighted by atomic mass is 16.5. The molecule has 0 radical (unpaired) electrons. The van der Waals surface area contributed by atoms with Crippen LogP contribution in [0.2, 0.25) is 0 Å². The number of ether oxygens (including phenoxy) is 1. The van der Waals surface area contributed by atoms with Gasteiger partial charge in [-0.1, -0.05) is 30.7 Å². The third-order valence-corrected chi connectivity index (χ3v) is 6.60. The van der Waals surface area contributed by atoms with Gasteiger partial charge in [-0.2, -0.15) is 0 Å². The van der Waals surface area contributed by atoms with Crippen LogP contribution in [0, 0.1) is 0 Å². The fourth-order valence-electron chi connectivity index (χ4n) is 4.42. The fourth-order valence-corrected chi connectivity index (χ4v) is 4.42. The lowest BCUT2D eigenvalue weighted by Gasteiger charge is -2.43. The molecule has 6 nitrogen and oxygen atoms in total. The number of nitrogens with zero attached hydrogens (tertiary/aromatic N) is 3. The van der Waals surface area contributed by atoms with Gasteiger partial charge in [0.1, 0.15) is 0 Å². The molecule has 0 aromatic heterocycles. The molecule has 1 aromatic rings. The van der Waals surface area contributed by atoms with Crippen LogP contribution in [0.15, 0.2) is 29.3 Å². The molecule has 3 rings (SSSR count). The van der Waals surface area contributed by atoms with E-state index in [1.807, 2.05) is 0 Å². The van der Waals surface area contributed by atoms with Crippen LogP contribution in [0.1, 0.15) is 50.2 Å². The number of aliphatic imine (C=N–C) groups is 1. The Morgan fingerprint density at radius 2 is 1.70 bits per heavy atom. The Labute approximate surface area is 183 Å². The molecular formula is C24H41N5O. The van der Waals surface area contributed by atoms with Gasteiger partial charge in [0.05, 0.1) is 6.54 Å². The second-order valence-electron chi connectivity index (χ2n) is 8.93. The van der Waals surface area contributed by atoms with Gasteiger partial charge in [0.25, 0.3) is 0 Å². The Morgan fingerprint density at radius 1 is 1.03 bits per heavy atom. The van der Waals surface area contributed by atoms with Gasteiger partial charge in [-0.3, -0.25) is 4.90 Å². The average molecular weight is 416 g/mol. The summed E-state index contributed by atoms with van der Waals surface area (Å²) in [5, 5.41) is 6.98. The molecule has 0 spiro atoms. The summed E-state index contributed by atoms with van der Waals surface area (Å²) in [6, 6.07) is 8.99. The van der Waals surface area contributed by atoms with Gasteiger partial charge >= 0.3 is 0 Å². The van der Waals surface area contributed by atoms with Gasteiger partial charge in [0.15, 0.2) is 5.96 Å². The van der Waals surface area contributed by atoms with E-state index in [9.17, 15) is 0 Å². The van der Waals surface area contributed by atoms with E-state index in [2.05, 4.69) is 65.7 Å². The molecule has 1 aromatic carbocycles. The minimum atomic E-state index is 0.130. The third kappa shape index (κ3) is 6.69. The minimum Gasteiger partial charge on any atom is -0.381 e. The molecule has 2 N–H and O–H groups in total. The number of guanidine groups is 1. The van der Waals surface area contributed by atoms with Crippen molar-refractivity contribution in [1.29, 1.82) is 0 Å². The van der Waals surface area contributed by atoms with Crippen molar-refractivity contribution >= 4 is 5.96 Å². The van der Waals surface area contributed by atoms with Crippen molar-refractivity contribution in [3.05, 3.63) is 35.4 Å². The number of hydrogen-bond donors (Lipinski definition) is 2. The summed E-state index contributed by atoms with van der Waals surface area (Å²) in [6.45, 7) is 9.76. The monoisotopic (exact) mass is 415 g/mol. The zero-order valence-corrected chi connectivity index (χ0v) is 19.3. The maximum atomic E-state index is 5.59. The Balaban J connectivity index is 1.54. The van der Waals surface area contributed by atoms with Crippen LogP contribution in [0.4, 0.5) is 0 Å². The molecule has 6 heteroatoms. The maximum Gasteiger partial charge on any atom is 0.191 e. The van der Waals surface area contributed by atoms with Gasteiger partial charge in [-0.25, -0.2) is 4.99 Å². The summed E-state index contributed by atoms with van der Waals surface area (Å²) in [6.07, 6.45) is 6.17. The van der Waals surface area contributed by atoms with Crippen LogP contribution < -0.4 is 10.6 Å². The lowest BCUT2D eigenvalue weighted by Crippen LogP contribution is -2.57. The van der Waals surface area contributed by atoms with E-state index >= 15 is 0 Å². The quantitative estimate of drug-likeness (QED) is 0.505. The highest BCUT2D eigenvalue weighted by Gasteiger charge is 2.34. The smallest absolute Gasteiger partial charge is 0.191 e. The molecule has 30 heavy (non-hydrogen) atoms. The van der Waals surface area contributed by atoms with Crippen molar-refractivity contribution in [2.24, 2.45) is 4.99 Å². The fraction of sp³-hybridized carbons (Fsp3) is 0.708. The number of hydrogen-bond acceptors (Lipinski definition) is 4. The average Bonchev–Trinajstić information content (AvgIpc) is 2.78. The molecule has 0 unspecified atom stereocenters. The van der Waals surface area contributed by atoms with Crippen LogP contribution in [0.3, 0.4) is 0 Å². The molecule has 0 bridgehead atoms. The molecule has 2 saturated heterocycles. The van der Waals surface area contributed by atoms with Crippen molar-refractivity contribution in [3.63, 3.8) is 0 Å². The second-order valence-corrected chi connectivity index (χ2v) is 8.93. The first-order chi connectivity index (χ1) is 14.6. The largest absolute Gasteiger partial charge is 0.381 e. The molecule has 2 fully saturated rings. The molecular weight excluding hydrogens is 374 g/mol. The summed E-state index contributed by atoms with van der Waals surface area (Å²) in [4.78, 5) is 9.75. The minimum absolute atomic E-state index is 0.130. The zero-order valence-electron chi connectivity index (χ0n) is 19.3. The Kier molecular flexibility index (Phi) is 8.97. The lowest BCUT2D eigenvalue weighted by atomic mass is 9.88. The lowest BCUT2D eigenvalue weighted by molar-refractivity contribution is -0.00501. The SMILES string of the molecule is CCNC(=NCc1ccc(CN2CCCCC2)cc1)NCC1(N(C)C)CCOCC1. The van der Waals surface area contributed by atoms with Gasteiger partial charge in [0.2, 0.25) is 0 Å². The number of likely N-dealkylation sites (tertiary alicyclic amines) is 1. The number of likely N-dealkylation sites (N-methyl/N-ethyl adjacent to an activating group) is 1. The topological polar surface area (TPSA) is 52.1 Å². The van der Waals surface area contributed by atoms with Gasteiger partial charge in [-0.15, -0.1) is 0 Å². The van der Waals surface area contributed by atoms with E-state index in [-0.39, 0.29) is 5.54 Å². The molecule has 0 saturated carbocycles. The highest BCUT2D eigenvalue weighted by molar-refractivity contribution is 5.79. The van der Waals surface area contributed by atoms with E-state index in [1.165, 1.54) is 43.5 Å². The van der Waals surface area contributed by atoms with Crippen LogP contribution in [0.25, 0.3) is 0 Å². The summed E-state index contributed by atoms with van der Waals surface area (Å²) in [5.41, 5.74) is 2.79. The number of rotatable bonds is 8. The summed E-state index contributed by atoms with van der Waals surface area (Å²) in [5.74, 6) is 0.891. The van der Waals surface area contributed by atoms with Crippen molar-refractivity contribution in [2.45, 2.75) is 57.7 Å². The summed E-state index contributed by atoms with van der Waals surface area (Å²) in [7, 11) is 4.34. The Morgan fingerprint density at radius 3 is 2.33 bits per heavy atom. The van der Waals surface area contributed by atoms with Crippen LogP contribution in [-0.4, -0.2) is 74.8 Å². The van der Waals surface area contributed by atoms with E-state index in [1.54, 1.807) is 0 Å². The molecule has 0 atom stereocenters. The van der Waals surface area contributed by atoms with Gasteiger partial charge in [-0.05, 0) is 70.9 Å². The number of piperidine rings is 1. The Bertz CT molecular complexity index is 646. The Hall–Kier alpha value is -1.63. The number of benzene rings is 1. The van der Waals surface area contributed by atoms with Crippen molar-refractivity contribution in [2.75, 3.05) is 53.5 Å². The number of nitrogens with one attached hydrogen (secondary N) is 2. The second kappa shape index (κ2) is 11.7. The first-order valence-electron chi connectivity index (χ1n) is 11.7. The van der Waals surface area contributed by atoms with Crippen LogP contribution in [-0.2, 0) is 17.8 Å².